The van der Waals surface area contributed by atoms with Gasteiger partial charge in [-0.15, -0.1) is 0 Å². The molecule has 0 unspecified atom stereocenters. The average molecular weight is 240 g/mol. The molecule has 2 nitrogen and oxygen atoms in total. The molecule has 2 N–H and O–H groups in total. The van der Waals surface area contributed by atoms with Crippen molar-refractivity contribution in [3.63, 3.8) is 0 Å². The van der Waals surface area contributed by atoms with Gasteiger partial charge in [0.2, 0.25) is 0 Å². The third kappa shape index (κ3) is 2.29. The van der Waals surface area contributed by atoms with Crippen LogP contribution in [0.25, 0.3) is 0 Å². The van der Waals surface area contributed by atoms with Crippen LogP contribution < -0.4 is 5.73 Å². The fraction of sp³-hybridized carbons (Fsp3) is 0.444. The Bertz CT molecular complexity index is 386. The molecular formula is C9H9F5N2. The minimum atomic E-state index is -4.72. The Morgan fingerprint density at radius 3 is 2.31 bits per heavy atom. The first-order valence-electron chi connectivity index (χ1n) is 4.32. The van der Waals surface area contributed by atoms with Gasteiger partial charge in [-0.1, -0.05) is 0 Å². The van der Waals surface area contributed by atoms with E-state index in [0.29, 0.717) is 6.20 Å². The molecule has 1 rings (SSSR count). The zero-order valence-electron chi connectivity index (χ0n) is 8.28. The second-order valence-corrected chi connectivity index (χ2v) is 3.15. The van der Waals surface area contributed by atoms with Gasteiger partial charge in [0.05, 0.1) is 5.56 Å². The predicted octanol–water partition coefficient (Wildman–Crippen LogP) is 2.81. The van der Waals surface area contributed by atoms with Crippen LogP contribution in [-0.4, -0.2) is 4.98 Å². The van der Waals surface area contributed by atoms with Crippen LogP contribution in [0, 0.1) is 6.92 Å². The lowest BCUT2D eigenvalue weighted by Crippen LogP contribution is -2.16. The van der Waals surface area contributed by atoms with E-state index in [4.69, 9.17) is 5.73 Å². The van der Waals surface area contributed by atoms with Gasteiger partial charge in [0.1, 0.15) is 0 Å². The fourth-order valence-corrected chi connectivity index (χ4v) is 1.43. The van der Waals surface area contributed by atoms with E-state index in [0.717, 1.165) is 0 Å². The van der Waals surface area contributed by atoms with Crippen molar-refractivity contribution in [2.75, 3.05) is 0 Å². The number of hydrogen-bond acceptors (Lipinski definition) is 2. The molecule has 0 fully saturated rings. The summed E-state index contributed by atoms with van der Waals surface area (Å²) in [7, 11) is 0. The third-order valence-electron chi connectivity index (χ3n) is 2.16. The number of nitrogens with zero attached hydrogens (tertiary/aromatic N) is 1. The average Bonchev–Trinajstić information content (AvgIpc) is 2.14. The lowest BCUT2D eigenvalue weighted by molar-refractivity contribution is -0.138. The molecule has 0 atom stereocenters. The minimum absolute atomic E-state index is 0.136. The van der Waals surface area contributed by atoms with E-state index in [1.165, 1.54) is 6.92 Å². The van der Waals surface area contributed by atoms with Crippen molar-refractivity contribution in [3.8, 4) is 0 Å². The van der Waals surface area contributed by atoms with Crippen LogP contribution >= 0.6 is 0 Å². The van der Waals surface area contributed by atoms with Crippen LogP contribution in [0.3, 0.4) is 0 Å². The number of hydrogen-bond donors (Lipinski definition) is 1. The second kappa shape index (κ2) is 4.32. The van der Waals surface area contributed by atoms with Crippen molar-refractivity contribution < 1.29 is 22.0 Å². The first-order valence-corrected chi connectivity index (χ1v) is 4.32. The van der Waals surface area contributed by atoms with E-state index in [1.54, 1.807) is 0 Å². The molecule has 7 heteroatoms. The molecule has 0 aliphatic carbocycles. The highest BCUT2D eigenvalue weighted by Gasteiger charge is 2.36. The van der Waals surface area contributed by atoms with Crippen LogP contribution in [0.4, 0.5) is 22.0 Å². The molecule has 0 spiro atoms. The monoisotopic (exact) mass is 240 g/mol. The molecule has 1 aromatic heterocycles. The van der Waals surface area contributed by atoms with E-state index >= 15 is 0 Å². The van der Waals surface area contributed by atoms with Crippen molar-refractivity contribution in [3.05, 3.63) is 28.6 Å². The first-order chi connectivity index (χ1) is 7.29. The molecule has 0 amide bonds. The zero-order chi connectivity index (χ0) is 12.5. The Morgan fingerprint density at radius 1 is 1.38 bits per heavy atom. The normalized spacial score (nSPS) is 12.2. The van der Waals surface area contributed by atoms with Gasteiger partial charge >= 0.3 is 6.18 Å². The molecule has 1 heterocycles. The van der Waals surface area contributed by atoms with Gasteiger partial charge in [-0.05, 0) is 12.5 Å². The number of rotatable bonds is 2. The van der Waals surface area contributed by atoms with E-state index in [2.05, 4.69) is 4.98 Å². The molecule has 0 saturated carbocycles. The third-order valence-corrected chi connectivity index (χ3v) is 2.16. The second-order valence-electron chi connectivity index (χ2n) is 3.15. The highest BCUT2D eigenvalue weighted by molar-refractivity contribution is 5.38. The molecule has 0 aliphatic heterocycles. The molecule has 90 valence electrons. The Balaban J connectivity index is 3.49. The van der Waals surface area contributed by atoms with Crippen molar-refractivity contribution in [2.45, 2.75) is 26.1 Å². The standard InChI is InChI=1S/C9H9F5N2/c1-4-7(8(10)11)5(2-15)6(3-16-4)9(12,13)14/h3,8H,2,15H2,1H3. The van der Waals surface area contributed by atoms with E-state index in [1.807, 2.05) is 0 Å². The highest BCUT2D eigenvalue weighted by atomic mass is 19.4. The smallest absolute Gasteiger partial charge is 0.326 e. The number of pyridine rings is 1. The lowest BCUT2D eigenvalue weighted by Gasteiger charge is -2.16. The summed E-state index contributed by atoms with van der Waals surface area (Å²) in [6, 6.07) is 0. The maximum atomic E-state index is 12.6. The number of aromatic nitrogens is 1. The van der Waals surface area contributed by atoms with Gasteiger partial charge < -0.3 is 5.73 Å². The van der Waals surface area contributed by atoms with Gasteiger partial charge in [-0.2, -0.15) is 13.2 Å². The van der Waals surface area contributed by atoms with Gasteiger partial charge in [-0.25, -0.2) is 8.78 Å². The summed E-state index contributed by atoms with van der Waals surface area (Å²) < 4.78 is 62.6. The number of aryl methyl sites for hydroxylation is 1. The van der Waals surface area contributed by atoms with E-state index < -0.39 is 35.8 Å². The molecular weight excluding hydrogens is 231 g/mol. The van der Waals surface area contributed by atoms with Crippen LogP contribution in [0.15, 0.2) is 6.20 Å². The maximum Gasteiger partial charge on any atom is 0.418 e. The summed E-state index contributed by atoms with van der Waals surface area (Å²) >= 11 is 0. The highest BCUT2D eigenvalue weighted by Crippen LogP contribution is 2.36. The van der Waals surface area contributed by atoms with E-state index in [-0.39, 0.29) is 5.69 Å². The quantitative estimate of drug-likeness (QED) is 0.807. The zero-order valence-corrected chi connectivity index (χ0v) is 8.28. The Morgan fingerprint density at radius 2 is 1.94 bits per heavy atom. The van der Waals surface area contributed by atoms with Crippen LogP contribution in [0.2, 0.25) is 0 Å². The molecule has 0 aromatic carbocycles. The molecule has 0 aliphatic rings. The Kier molecular flexibility index (Phi) is 3.47. The lowest BCUT2D eigenvalue weighted by atomic mass is 10.0. The summed E-state index contributed by atoms with van der Waals surface area (Å²) in [6.45, 7) is 0.624. The van der Waals surface area contributed by atoms with Gasteiger partial charge in [0.15, 0.2) is 0 Å². The molecule has 0 radical (unpaired) electrons. The van der Waals surface area contributed by atoms with Gasteiger partial charge in [-0.3, -0.25) is 4.98 Å². The van der Waals surface area contributed by atoms with Crippen LogP contribution in [0.5, 0.6) is 0 Å². The maximum absolute atomic E-state index is 12.6. The van der Waals surface area contributed by atoms with Crippen molar-refractivity contribution >= 4 is 0 Å². The number of halogens is 5. The largest absolute Gasteiger partial charge is 0.418 e. The van der Waals surface area contributed by atoms with Crippen molar-refractivity contribution in [1.82, 2.24) is 4.98 Å². The molecule has 0 bridgehead atoms. The van der Waals surface area contributed by atoms with Gasteiger partial charge in [0, 0.05) is 24.0 Å². The molecule has 16 heavy (non-hydrogen) atoms. The summed E-state index contributed by atoms with van der Waals surface area (Å²) in [5, 5.41) is 0. The van der Waals surface area contributed by atoms with Crippen molar-refractivity contribution in [1.29, 1.82) is 0 Å². The molecule has 0 saturated heterocycles. The van der Waals surface area contributed by atoms with E-state index in [9.17, 15) is 22.0 Å². The topological polar surface area (TPSA) is 38.9 Å². The summed E-state index contributed by atoms with van der Waals surface area (Å²) in [5.74, 6) is 0. The van der Waals surface area contributed by atoms with Gasteiger partial charge in [0.25, 0.3) is 6.43 Å². The summed E-state index contributed by atoms with van der Waals surface area (Å²) in [6.07, 6.45) is -7.21. The Labute approximate surface area is 88.3 Å². The minimum Gasteiger partial charge on any atom is -0.326 e. The molecule has 1 aromatic rings. The summed E-state index contributed by atoms with van der Waals surface area (Å²) in [5.41, 5.74) is 2.45. The fourth-order valence-electron chi connectivity index (χ4n) is 1.43. The van der Waals surface area contributed by atoms with Crippen LogP contribution in [0.1, 0.15) is 28.8 Å². The first kappa shape index (κ1) is 12.8. The predicted molar refractivity (Wildman–Crippen MR) is 46.8 cm³/mol. The van der Waals surface area contributed by atoms with Crippen LogP contribution in [-0.2, 0) is 12.7 Å². The SMILES string of the molecule is Cc1ncc(C(F)(F)F)c(CN)c1C(F)F. The van der Waals surface area contributed by atoms with Crippen molar-refractivity contribution in [2.24, 2.45) is 5.73 Å². The number of alkyl halides is 5. The summed E-state index contributed by atoms with van der Waals surface area (Å²) in [4.78, 5) is 3.32. The Hall–Kier alpha value is -1.24. The number of nitrogens with two attached hydrogens (primary N) is 1.